The van der Waals surface area contributed by atoms with Crippen LogP contribution in [0.3, 0.4) is 0 Å². The molecule has 19 heavy (non-hydrogen) atoms. The van der Waals surface area contributed by atoms with Gasteiger partial charge >= 0.3 is 0 Å². The molecule has 0 bridgehead atoms. The Hall–Kier alpha value is -1.36. The van der Waals surface area contributed by atoms with Crippen molar-refractivity contribution in [2.45, 2.75) is 39.2 Å². The van der Waals surface area contributed by atoms with Crippen LogP contribution in [0.15, 0.2) is 18.2 Å². The summed E-state index contributed by atoms with van der Waals surface area (Å²) in [6.45, 7) is 5.32. The Balaban J connectivity index is 2.37. The van der Waals surface area contributed by atoms with Gasteiger partial charge in [-0.25, -0.2) is 8.78 Å². The molecule has 0 atom stereocenters. The molecule has 108 valence electrons. The molecule has 0 aliphatic rings. The second kappa shape index (κ2) is 7.94. The summed E-state index contributed by atoms with van der Waals surface area (Å²) in [5, 5.41) is 3.02. The van der Waals surface area contributed by atoms with Gasteiger partial charge in [0.2, 0.25) is 0 Å². The maximum absolute atomic E-state index is 12.8. The number of nitrogens with one attached hydrogen (secondary N) is 1. The van der Waals surface area contributed by atoms with E-state index in [1.165, 1.54) is 6.07 Å². The van der Waals surface area contributed by atoms with E-state index in [4.69, 9.17) is 10.5 Å². The van der Waals surface area contributed by atoms with Crippen molar-refractivity contribution in [2.24, 2.45) is 0 Å². The van der Waals surface area contributed by atoms with Crippen molar-refractivity contribution in [1.82, 2.24) is 0 Å². The second-order valence-electron chi connectivity index (χ2n) is 4.70. The largest absolute Gasteiger partial charge is 0.399 e. The Morgan fingerprint density at radius 1 is 1.26 bits per heavy atom. The topological polar surface area (TPSA) is 47.3 Å². The molecule has 0 heterocycles. The van der Waals surface area contributed by atoms with Gasteiger partial charge in [0.15, 0.2) is 0 Å². The van der Waals surface area contributed by atoms with Gasteiger partial charge in [0, 0.05) is 30.1 Å². The molecule has 0 saturated heterocycles. The fourth-order valence-electron chi connectivity index (χ4n) is 1.69. The molecule has 0 radical (unpaired) electrons. The zero-order chi connectivity index (χ0) is 14.3. The highest BCUT2D eigenvalue weighted by Crippen LogP contribution is 2.28. The number of nitrogens with two attached hydrogens (primary N) is 1. The summed E-state index contributed by atoms with van der Waals surface area (Å²) in [6, 6.07) is 4.53. The minimum Gasteiger partial charge on any atom is -0.399 e. The monoisotopic (exact) mass is 272 g/mol. The van der Waals surface area contributed by atoms with Gasteiger partial charge in [0.25, 0.3) is 6.43 Å². The predicted molar refractivity (Wildman–Crippen MR) is 74.6 cm³/mol. The van der Waals surface area contributed by atoms with E-state index in [1.807, 2.05) is 13.8 Å². The number of halogens is 2. The van der Waals surface area contributed by atoms with Gasteiger partial charge in [-0.3, -0.25) is 0 Å². The van der Waals surface area contributed by atoms with Gasteiger partial charge in [-0.15, -0.1) is 0 Å². The van der Waals surface area contributed by atoms with E-state index in [9.17, 15) is 8.78 Å². The first-order chi connectivity index (χ1) is 9.00. The molecule has 0 aliphatic carbocycles. The van der Waals surface area contributed by atoms with E-state index >= 15 is 0 Å². The fourth-order valence-corrected chi connectivity index (χ4v) is 1.69. The summed E-state index contributed by atoms with van der Waals surface area (Å²) in [5.74, 6) is 0. The zero-order valence-electron chi connectivity index (χ0n) is 11.5. The number of benzene rings is 1. The van der Waals surface area contributed by atoms with Crippen molar-refractivity contribution in [3.05, 3.63) is 23.8 Å². The van der Waals surface area contributed by atoms with Gasteiger partial charge in [-0.05, 0) is 44.9 Å². The van der Waals surface area contributed by atoms with Crippen molar-refractivity contribution in [3.8, 4) is 0 Å². The van der Waals surface area contributed by atoms with E-state index in [2.05, 4.69) is 5.32 Å². The third-order valence-corrected chi connectivity index (χ3v) is 2.65. The Labute approximate surface area is 113 Å². The molecule has 5 heteroatoms. The van der Waals surface area contributed by atoms with Crippen LogP contribution in [-0.2, 0) is 4.74 Å². The van der Waals surface area contributed by atoms with E-state index < -0.39 is 6.43 Å². The van der Waals surface area contributed by atoms with Crippen LogP contribution < -0.4 is 11.1 Å². The Morgan fingerprint density at radius 3 is 2.63 bits per heavy atom. The van der Waals surface area contributed by atoms with Crippen LogP contribution in [0.1, 0.15) is 38.7 Å². The van der Waals surface area contributed by atoms with Crippen molar-refractivity contribution < 1.29 is 13.5 Å². The maximum Gasteiger partial charge on any atom is 0.265 e. The quantitative estimate of drug-likeness (QED) is 0.558. The molecule has 0 spiro atoms. The highest BCUT2D eigenvalue weighted by atomic mass is 19.3. The fraction of sp³-hybridized carbons (Fsp3) is 0.571. The highest BCUT2D eigenvalue weighted by Gasteiger charge is 2.12. The van der Waals surface area contributed by atoms with Gasteiger partial charge in [0.1, 0.15) is 0 Å². The molecule has 0 aromatic heterocycles. The Kier molecular flexibility index (Phi) is 6.56. The first kappa shape index (κ1) is 15.7. The maximum atomic E-state index is 12.8. The van der Waals surface area contributed by atoms with Crippen LogP contribution in [0.25, 0.3) is 0 Å². The highest BCUT2D eigenvalue weighted by molar-refractivity contribution is 5.58. The van der Waals surface area contributed by atoms with Gasteiger partial charge in [-0.1, -0.05) is 0 Å². The summed E-state index contributed by atoms with van der Waals surface area (Å²) in [5.41, 5.74) is 6.27. The molecular formula is C14H22F2N2O. The Morgan fingerprint density at radius 2 is 2.00 bits per heavy atom. The third kappa shape index (κ3) is 5.87. The molecule has 0 amide bonds. The van der Waals surface area contributed by atoms with E-state index in [1.54, 1.807) is 12.1 Å². The zero-order valence-corrected chi connectivity index (χ0v) is 11.5. The Bertz CT molecular complexity index is 384. The SMILES string of the molecule is CC(C)OCCCCNc1ccc(N)cc1C(F)F. The number of nitrogen functional groups attached to an aromatic ring is 1. The summed E-state index contributed by atoms with van der Waals surface area (Å²) in [7, 11) is 0. The molecule has 1 aromatic carbocycles. The van der Waals surface area contributed by atoms with Gasteiger partial charge in [0.05, 0.1) is 6.10 Å². The summed E-state index contributed by atoms with van der Waals surface area (Å²) in [6.07, 6.45) is -0.505. The van der Waals surface area contributed by atoms with E-state index in [0.717, 1.165) is 12.8 Å². The molecule has 1 aromatic rings. The number of anilines is 2. The van der Waals surface area contributed by atoms with Gasteiger partial charge in [-0.2, -0.15) is 0 Å². The lowest BCUT2D eigenvalue weighted by Crippen LogP contribution is -2.08. The van der Waals surface area contributed by atoms with Crippen LogP contribution in [0.5, 0.6) is 0 Å². The predicted octanol–water partition coefficient (Wildman–Crippen LogP) is 3.82. The smallest absolute Gasteiger partial charge is 0.265 e. The molecule has 3 nitrogen and oxygen atoms in total. The third-order valence-electron chi connectivity index (χ3n) is 2.65. The second-order valence-corrected chi connectivity index (χ2v) is 4.70. The van der Waals surface area contributed by atoms with Crippen molar-refractivity contribution in [2.75, 3.05) is 24.2 Å². The molecule has 0 unspecified atom stereocenters. The summed E-state index contributed by atoms with van der Waals surface area (Å²) >= 11 is 0. The first-order valence-corrected chi connectivity index (χ1v) is 6.53. The van der Waals surface area contributed by atoms with E-state index in [-0.39, 0.29) is 11.7 Å². The average Bonchev–Trinajstić information content (AvgIpc) is 2.34. The molecule has 0 aliphatic heterocycles. The van der Waals surface area contributed by atoms with Crippen molar-refractivity contribution >= 4 is 11.4 Å². The number of unbranched alkanes of at least 4 members (excludes halogenated alkanes) is 1. The lowest BCUT2D eigenvalue weighted by atomic mass is 10.1. The van der Waals surface area contributed by atoms with Crippen LogP contribution >= 0.6 is 0 Å². The molecule has 0 saturated carbocycles. The number of rotatable bonds is 8. The van der Waals surface area contributed by atoms with Crippen molar-refractivity contribution in [1.29, 1.82) is 0 Å². The molecular weight excluding hydrogens is 250 g/mol. The first-order valence-electron chi connectivity index (χ1n) is 6.53. The minimum atomic E-state index is -2.52. The summed E-state index contributed by atoms with van der Waals surface area (Å²) in [4.78, 5) is 0. The van der Waals surface area contributed by atoms with Gasteiger partial charge < -0.3 is 15.8 Å². The van der Waals surface area contributed by atoms with Crippen LogP contribution in [0.2, 0.25) is 0 Å². The van der Waals surface area contributed by atoms with Crippen LogP contribution in [0, 0.1) is 0 Å². The average molecular weight is 272 g/mol. The minimum absolute atomic E-state index is 0.0431. The molecule has 0 fully saturated rings. The van der Waals surface area contributed by atoms with E-state index in [0.29, 0.717) is 24.5 Å². The lowest BCUT2D eigenvalue weighted by Gasteiger charge is -2.12. The van der Waals surface area contributed by atoms with Crippen molar-refractivity contribution in [3.63, 3.8) is 0 Å². The summed E-state index contributed by atoms with van der Waals surface area (Å²) < 4.78 is 31.0. The standard InChI is InChI=1S/C14H22F2N2O/c1-10(2)19-8-4-3-7-18-13-6-5-11(17)9-12(13)14(15)16/h5-6,9-10,14,18H,3-4,7-8,17H2,1-2H3. The lowest BCUT2D eigenvalue weighted by molar-refractivity contribution is 0.0765. The molecule has 3 N–H and O–H groups in total. The van der Waals surface area contributed by atoms with Crippen LogP contribution in [-0.4, -0.2) is 19.3 Å². The van der Waals surface area contributed by atoms with Crippen LogP contribution in [0.4, 0.5) is 20.2 Å². The number of alkyl halides is 2. The normalized spacial score (nSPS) is 11.3. The number of ether oxygens (including phenoxy) is 1. The number of hydrogen-bond donors (Lipinski definition) is 2. The number of hydrogen-bond acceptors (Lipinski definition) is 3. The molecule has 1 rings (SSSR count).